The largest absolute Gasteiger partial charge is 0.403 e. The van der Waals surface area contributed by atoms with Crippen molar-refractivity contribution in [3.63, 3.8) is 0 Å². The minimum atomic E-state index is 0.628. The minimum Gasteiger partial charge on any atom is -0.403 e. The van der Waals surface area contributed by atoms with Gasteiger partial charge >= 0.3 is 0 Å². The van der Waals surface area contributed by atoms with E-state index >= 15 is 0 Å². The molecule has 0 bridgehead atoms. The topological polar surface area (TPSA) is 64.9 Å². The lowest BCUT2D eigenvalue weighted by Gasteiger charge is -2.02. The lowest BCUT2D eigenvalue weighted by atomic mass is 10.1. The van der Waals surface area contributed by atoms with Crippen molar-refractivity contribution in [2.24, 2.45) is 11.5 Å². The van der Waals surface area contributed by atoms with Crippen LogP contribution in [0.3, 0.4) is 0 Å². The van der Waals surface area contributed by atoms with E-state index in [1.807, 2.05) is 19.1 Å². The molecule has 0 aliphatic heterocycles. The molecule has 4 N–H and O–H groups in total. The van der Waals surface area contributed by atoms with E-state index in [2.05, 4.69) is 4.98 Å². The highest BCUT2D eigenvalue weighted by molar-refractivity contribution is 5.21. The second kappa shape index (κ2) is 3.76. The smallest absolute Gasteiger partial charge is 0.0491 e. The molecule has 0 saturated heterocycles. The van der Waals surface area contributed by atoms with Crippen LogP contribution in [0.1, 0.15) is 11.3 Å². The molecule has 0 radical (unpaired) electrons. The average Bonchev–Trinajstić information content (AvgIpc) is 2.09. The number of rotatable bonds is 2. The number of hydrogen-bond donors (Lipinski definition) is 2. The van der Waals surface area contributed by atoms with E-state index in [-0.39, 0.29) is 0 Å². The monoisotopic (exact) mass is 163 g/mol. The molecule has 0 spiro atoms. The lowest BCUT2D eigenvalue weighted by Crippen LogP contribution is -2.06. The van der Waals surface area contributed by atoms with Crippen molar-refractivity contribution in [1.82, 2.24) is 4.98 Å². The highest BCUT2D eigenvalue weighted by Gasteiger charge is 1.98. The highest BCUT2D eigenvalue weighted by Crippen LogP contribution is 2.05. The minimum absolute atomic E-state index is 0.628. The molecule has 3 heteroatoms. The molecule has 3 nitrogen and oxygen atoms in total. The number of aryl methyl sites for hydroxylation is 1. The number of nitrogens with zero attached hydrogens (tertiary/aromatic N) is 1. The Morgan fingerprint density at radius 1 is 1.67 bits per heavy atom. The quantitative estimate of drug-likeness (QED) is 0.674. The van der Waals surface area contributed by atoms with Crippen LogP contribution in [-0.4, -0.2) is 4.98 Å². The van der Waals surface area contributed by atoms with Gasteiger partial charge in [0.05, 0.1) is 0 Å². The molecule has 0 aromatic carbocycles. The van der Waals surface area contributed by atoms with Crippen LogP contribution >= 0.6 is 0 Å². The van der Waals surface area contributed by atoms with Gasteiger partial charge in [0.15, 0.2) is 0 Å². The predicted molar refractivity (Wildman–Crippen MR) is 49.1 cm³/mol. The molecule has 0 aliphatic rings. The van der Waals surface area contributed by atoms with Gasteiger partial charge in [-0.05, 0) is 18.6 Å². The molecule has 0 unspecified atom stereocenters. The molecule has 64 valence electrons. The van der Waals surface area contributed by atoms with Crippen LogP contribution in [0.15, 0.2) is 30.2 Å². The van der Waals surface area contributed by atoms with Crippen molar-refractivity contribution in [3.8, 4) is 0 Å². The van der Waals surface area contributed by atoms with E-state index in [9.17, 15) is 0 Å². The Morgan fingerprint density at radius 3 is 3.00 bits per heavy atom. The van der Waals surface area contributed by atoms with Gasteiger partial charge in [0.2, 0.25) is 0 Å². The van der Waals surface area contributed by atoms with Gasteiger partial charge in [-0.25, -0.2) is 0 Å². The molecule has 1 aromatic heterocycles. The fraction of sp³-hybridized carbons (Fsp3) is 0.222. The lowest BCUT2D eigenvalue weighted by molar-refractivity contribution is 0.998. The summed E-state index contributed by atoms with van der Waals surface area (Å²) in [7, 11) is 0. The van der Waals surface area contributed by atoms with E-state index < -0.39 is 0 Å². The first-order valence-electron chi connectivity index (χ1n) is 3.80. The Hall–Kier alpha value is -1.51. The van der Waals surface area contributed by atoms with Crippen LogP contribution in [0.25, 0.3) is 0 Å². The fourth-order valence-electron chi connectivity index (χ4n) is 0.956. The molecule has 1 aromatic rings. The molecule has 0 amide bonds. The first-order valence-corrected chi connectivity index (χ1v) is 3.80. The first-order chi connectivity index (χ1) is 5.74. The van der Waals surface area contributed by atoms with E-state index in [1.54, 1.807) is 6.20 Å². The average molecular weight is 163 g/mol. The molecule has 0 saturated carbocycles. The van der Waals surface area contributed by atoms with Gasteiger partial charge in [-0.3, -0.25) is 4.98 Å². The Balaban J connectivity index is 2.82. The molecule has 1 rings (SSSR count). The van der Waals surface area contributed by atoms with Crippen molar-refractivity contribution in [2.75, 3.05) is 0 Å². The van der Waals surface area contributed by atoms with Crippen LogP contribution in [0, 0.1) is 6.92 Å². The number of pyridine rings is 1. The summed E-state index contributed by atoms with van der Waals surface area (Å²) in [5.41, 5.74) is 13.6. The highest BCUT2D eigenvalue weighted by atomic mass is 14.7. The molecule has 0 fully saturated rings. The van der Waals surface area contributed by atoms with Crippen molar-refractivity contribution in [3.05, 3.63) is 41.5 Å². The zero-order valence-electron chi connectivity index (χ0n) is 7.12. The van der Waals surface area contributed by atoms with Crippen molar-refractivity contribution in [2.45, 2.75) is 13.3 Å². The molecular formula is C9H13N3. The predicted octanol–water partition coefficient (Wildman–Crippen LogP) is 0.691. The summed E-state index contributed by atoms with van der Waals surface area (Å²) in [6.07, 6.45) is 3.80. The van der Waals surface area contributed by atoms with Crippen molar-refractivity contribution >= 4 is 0 Å². The maximum absolute atomic E-state index is 5.57. The number of nitrogens with two attached hydrogens (primary N) is 2. The van der Waals surface area contributed by atoms with Crippen LogP contribution in [0.5, 0.6) is 0 Å². The molecule has 1 heterocycles. The summed E-state index contributed by atoms with van der Waals surface area (Å²) in [5, 5.41) is 0. The fourth-order valence-corrected chi connectivity index (χ4v) is 0.956. The number of aromatic nitrogens is 1. The van der Waals surface area contributed by atoms with Crippen LogP contribution < -0.4 is 11.5 Å². The summed E-state index contributed by atoms with van der Waals surface area (Å²) >= 11 is 0. The van der Waals surface area contributed by atoms with Crippen LogP contribution in [-0.2, 0) is 6.42 Å². The third-order valence-electron chi connectivity index (χ3n) is 1.70. The zero-order valence-corrected chi connectivity index (χ0v) is 7.12. The summed E-state index contributed by atoms with van der Waals surface area (Å²) < 4.78 is 0. The van der Waals surface area contributed by atoms with Crippen LogP contribution in [0.2, 0.25) is 0 Å². The SMILES string of the molecule is Cc1cccnc1C/C(N)=C/N. The second-order valence-corrected chi connectivity index (χ2v) is 2.69. The van der Waals surface area contributed by atoms with Gasteiger partial charge in [0.25, 0.3) is 0 Å². The third-order valence-corrected chi connectivity index (χ3v) is 1.70. The summed E-state index contributed by atoms with van der Waals surface area (Å²) in [4.78, 5) is 4.19. The first kappa shape index (κ1) is 8.59. The van der Waals surface area contributed by atoms with Gasteiger partial charge in [-0.15, -0.1) is 0 Å². The van der Waals surface area contributed by atoms with E-state index in [0.717, 1.165) is 11.3 Å². The molecular weight excluding hydrogens is 150 g/mol. The van der Waals surface area contributed by atoms with Crippen LogP contribution in [0.4, 0.5) is 0 Å². The van der Waals surface area contributed by atoms with E-state index in [0.29, 0.717) is 12.1 Å². The maximum atomic E-state index is 5.57. The third kappa shape index (κ3) is 1.99. The Bertz CT molecular complexity index is 292. The van der Waals surface area contributed by atoms with Crippen molar-refractivity contribution < 1.29 is 0 Å². The maximum Gasteiger partial charge on any atom is 0.0491 e. The summed E-state index contributed by atoms with van der Waals surface area (Å²) in [6.45, 7) is 2.01. The molecule has 0 aliphatic carbocycles. The van der Waals surface area contributed by atoms with Gasteiger partial charge in [0, 0.05) is 30.2 Å². The zero-order chi connectivity index (χ0) is 8.97. The van der Waals surface area contributed by atoms with E-state index in [4.69, 9.17) is 11.5 Å². The second-order valence-electron chi connectivity index (χ2n) is 2.69. The van der Waals surface area contributed by atoms with Crippen molar-refractivity contribution in [1.29, 1.82) is 0 Å². The van der Waals surface area contributed by atoms with Gasteiger partial charge in [-0.2, -0.15) is 0 Å². The Kier molecular flexibility index (Phi) is 2.69. The standard InChI is InChI=1S/C9H13N3/c1-7-3-2-4-12-9(7)5-8(11)6-10/h2-4,6H,5,10-11H2,1H3/b8-6-. The molecule has 0 atom stereocenters. The van der Waals surface area contributed by atoms with Gasteiger partial charge in [0.1, 0.15) is 0 Å². The number of allylic oxidation sites excluding steroid dienone is 1. The summed E-state index contributed by atoms with van der Waals surface area (Å²) in [5.74, 6) is 0. The molecule has 12 heavy (non-hydrogen) atoms. The van der Waals surface area contributed by atoms with E-state index in [1.165, 1.54) is 6.20 Å². The Morgan fingerprint density at radius 2 is 2.42 bits per heavy atom. The van der Waals surface area contributed by atoms with Gasteiger partial charge in [-0.1, -0.05) is 6.07 Å². The number of hydrogen-bond acceptors (Lipinski definition) is 3. The summed E-state index contributed by atoms with van der Waals surface area (Å²) in [6, 6.07) is 3.91. The van der Waals surface area contributed by atoms with Gasteiger partial charge < -0.3 is 11.5 Å². The Labute approximate surface area is 72.1 Å². The normalized spacial score (nSPS) is 11.6.